The molecule has 1 heterocycles. The van der Waals surface area contributed by atoms with Crippen LogP contribution in [0.15, 0.2) is 84.9 Å². The Morgan fingerprint density at radius 1 is 0.889 bits per heavy atom. The van der Waals surface area contributed by atoms with Crippen LogP contribution < -0.4 is 5.32 Å². The van der Waals surface area contributed by atoms with E-state index >= 15 is 0 Å². The molecule has 2 amide bonds. The van der Waals surface area contributed by atoms with E-state index in [2.05, 4.69) is 5.32 Å². The van der Waals surface area contributed by atoms with Crippen LogP contribution in [-0.2, 0) is 17.8 Å². The fourth-order valence-corrected chi connectivity index (χ4v) is 3.46. The van der Waals surface area contributed by atoms with Crippen molar-refractivity contribution in [2.45, 2.75) is 19.0 Å². The molecule has 1 unspecified atom stereocenters. The third kappa shape index (κ3) is 3.60. The van der Waals surface area contributed by atoms with Crippen molar-refractivity contribution in [1.82, 2.24) is 4.90 Å². The van der Waals surface area contributed by atoms with Crippen LogP contribution in [0.3, 0.4) is 0 Å². The Hall–Kier alpha value is -3.40. The van der Waals surface area contributed by atoms with E-state index in [-0.39, 0.29) is 11.8 Å². The van der Waals surface area contributed by atoms with Gasteiger partial charge in [-0.25, -0.2) is 0 Å². The zero-order valence-electron chi connectivity index (χ0n) is 14.8. The molecule has 0 fully saturated rings. The smallest absolute Gasteiger partial charge is 0.255 e. The molecule has 1 N–H and O–H groups in total. The van der Waals surface area contributed by atoms with Crippen LogP contribution in [0.4, 0.5) is 5.69 Å². The SMILES string of the molecule is O=C(Nc1ccccc1)C(Cc1ccccc1)N1Cc2ccccc2C1=O. The van der Waals surface area contributed by atoms with Crippen molar-refractivity contribution in [2.75, 3.05) is 5.32 Å². The second-order valence-electron chi connectivity index (χ2n) is 6.65. The van der Waals surface area contributed by atoms with Crippen LogP contribution >= 0.6 is 0 Å². The average molecular weight is 356 g/mol. The van der Waals surface area contributed by atoms with Crippen molar-refractivity contribution < 1.29 is 9.59 Å². The predicted molar refractivity (Wildman–Crippen MR) is 105 cm³/mol. The van der Waals surface area contributed by atoms with Gasteiger partial charge in [-0.3, -0.25) is 9.59 Å². The normalized spacial score (nSPS) is 13.9. The number of carbonyl (C=O) groups excluding carboxylic acids is 2. The number of benzene rings is 3. The quantitative estimate of drug-likeness (QED) is 0.754. The monoisotopic (exact) mass is 356 g/mol. The molecule has 0 saturated heterocycles. The molecular formula is C23H20N2O2. The zero-order chi connectivity index (χ0) is 18.6. The number of carbonyl (C=O) groups is 2. The van der Waals surface area contributed by atoms with Gasteiger partial charge in [0.05, 0.1) is 0 Å². The average Bonchev–Trinajstić information content (AvgIpc) is 3.04. The number of para-hydroxylation sites is 1. The van der Waals surface area contributed by atoms with Gasteiger partial charge in [-0.15, -0.1) is 0 Å². The molecule has 0 spiro atoms. The van der Waals surface area contributed by atoms with Crippen molar-refractivity contribution in [3.05, 3.63) is 102 Å². The summed E-state index contributed by atoms with van der Waals surface area (Å²) in [7, 11) is 0. The lowest BCUT2D eigenvalue weighted by molar-refractivity contribution is -0.120. The highest BCUT2D eigenvalue weighted by Crippen LogP contribution is 2.26. The maximum Gasteiger partial charge on any atom is 0.255 e. The number of hydrogen-bond donors (Lipinski definition) is 1. The first kappa shape index (κ1) is 17.0. The topological polar surface area (TPSA) is 49.4 Å². The number of hydrogen-bond acceptors (Lipinski definition) is 2. The molecule has 1 aliphatic heterocycles. The van der Waals surface area contributed by atoms with Crippen LogP contribution in [0.5, 0.6) is 0 Å². The summed E-state index contributed by atoms with van der Waals surface area (Å²) in [5, 5.41) is 2.95. The summed E-state index contributed by atoms with van der Waals surface area (Å²) in [5.74, 6) is -0.263. The fraction of sp³-hybridized carbons (Fsp3) is 0.130. The van der Waals surface area contributed by atoms with E-state index < -0.39 is 6.04 Å². The van der Waals surface area contributed by atoms with Gasteiger partial charge >= 0.3 is 0 Å². The number of nitrogens with zero attached hydrogens (tertiary/aromatic N) is 1. The number of nitrogens with one attached hydrogen (secondary N) is 1. The molecule has 4 rings (SSSR count). The van der Waals surface area contributed by atoms with Crippen LogP contribution in [0.25, 0.3) is 0 Å². The Labute approximate surface area is 158 Å². The molecule has 4 heteroatoms. The lowest BCUT2D eigenvalue weighted by Gasteiger charge is -2.27. The molecule has 4 nitrogen and oxygen atoms in total. The minimum absolute atomic E-state index is 0.0882. The molecule has 27 heavy (non-hydrogen) atoms. The lowest BCUT2D eigenvalue weighted by atomic mass is 10.0. The summed E-state index contributed by atoms with van der Waals surface area (Å²) >= 11 is 0. The van der Waals surface area contributed by atoms with Gasteiger partial charge in [-0.05, 0) is 29.3 Å². The summed E-state index contributed by atoms with van der Waals surface area (Å²) in [4.78, 5) is 27.7. The molecule has 1 atom stereocenters. The van der Waals surface area contributed by atoms with Gasteiger partial charge < -0.3 is 10.2 Å². The molecule has 134 valence electrons. The summed E-state index contributed by atoms with van der Waals surface area (Å²) in [5.41, 5.74) is 3.40. The zero-order valence-corrected chi connectivity index (χ0v) is 14.8. The van der Waals surface area contributed by atoms with Gasteiger partial charge in [0, 0.05) is 24.2 Å². The van der Waals surface area contributed by atoms with Gasteiger partial charge in [-0.1, -0.05) is 66.7 Å². The van der Waals surface area contributed by atoms with Crippen LogP contribution in [0, 0.1) is 0 Å². The van der Waals surface area contributed by atoms with E-state index in [1.54, 1.807) is 4.90 Å². The molecule has 0 aliphatic carbocycles. The van der Waals surface area contributed by atoms with Crippen LogP contribution in [0.1, 0.15) is 21.5 Å². The summed E-state index contributed by atoms with van der Waals surface area (Å²) in [6.45, 7) is 0.453. The van der Waals surface area contributed by atoms with E-state index in [1.807, 2.05) is 84.9 Å². The summed E-state index contributed by atoms with van der Waals surface area (Å²) < 4.78 is 0. The minimum Gasteiger partial charge on any atom is -0.324 e. The van der Waals surface area contributed by atoms with Crippen molar-refractivity contribution >= 4 is 17.5 Å². The van der Waals surface area contributed by atoms with Crippen molar-refractivity contribution in [3.8, 4) is 0 Å². The Kier molecular flexibility index (Phi) is 4.71. The Morgan fingerprint density at radius 3 is 2.22 bits per heavy atom. The molecule has 1 aliphatic rings. The maximum absolute atomic E-state index is 13.1. The first-order valence-corrected chi connectivity index (χ1v) is 9.01. The van der Waals surface area contributed by atoms with E-state index in [4.69, 9.17) is 0 Å². The number of amides is 2. The largest absolute Gasteiger partial charge is 0.324 e. The van der Waals surface area contributed by atoms with Crippen LogP contribution in [0.2, 0.25) is 0 Å². The molecule has 3 aromatic carbocycles. The number of anilines is 1. The van der Waals surface area contributed by atoms with E-state index in [1.165, 1.54) is 0 Å². The molecule has 3 aromatic rings. The van der Waals surface area contributed by atoms with Crippen molar-refractivity contribution in [3.63, 3.8) is 0 Å². The third-order valence-electron chi connectivity index (χ3n) is 4.84. The molecule has 0 aromatic heterocycles. The first-order valence-electron chi connectivity index (χ1n) is 9.01. The van der Waals surface area contributed by atoms with E-state index in [0.29, 0.717) is 18.5 Å². The highest BCUT2D eigenvalue weighted by atomic mass is 16.2. The minimum atomic E-state index is -0.576. The summed E-state index contributed by atoms with van der Waals surface area (Å²) in [6, 6.07) is 26.1. The summed E-state index contributed by atoms with van der Waals surface area (Å²) in [6.07, 6.45) is 0.471. The first-order chi connectivity index (χ1) is 13.2. The van der Waals surface area contributed by atoms with E-state index in [9.17, 15) is 9.59 Å². The predicted octanol–water partition coefficient (Wildman–Crippen LogP) is 3.89. The Balaban J connectivity index is 1.62. The third-order valence-corrected chi connectivity index (χ3v) is 4.84. The van der Waals surface area contributed by atoms with E-state index in [0.717, 1.165) is 16.8 Å². The van der Waals surface area contributed by atoms with Gasteiger partial charge in [-0.2, -0.15) is 0 Å². The number of fused-ring (bicyclic) bond motifs is 1. The lowest BCUT2D eigenvalue weighted by Crippen LogP contribution is -2.45. The molecule has 0 bridgehead atoms. The number of rotatable bonds is 5. The van der Waals surface area contributed by atoms with Crippen molar-refractivity contribution in [1.29, 1.82) is 0 Å². The highest BCUT2D eigenvalue weighted by molar-refractivity contribution is 6.03. The second kappa shape index (κ2) is 7.46. The maximum atomic E-state index is 13.1. The standard InChI is InChI=1S/C23H20N2O2/c26-22(24-19-12-5-2-6-13-19)21(15-17-9-3-1-4-10-17)25-16-18-11-7-8-14-20(18)23(25)27/h1-14,21H,15-16H2,(H,24,26). The van der Waals surface area contributed by atoms with Gasteiger partial charge in [0.2, 0.25) is 5.91 Å². The highest BCUT2D eigenvalue weighted by Gasteiger charge is 2.36. The molecule has 0 saturated carbocycles. The fourth-order valence-electron chi connectivity index (χ4n) is 3.46. The Bertz CT molecular complexity index is 954. The molecule has 0 radical (unpaired) electrons. The molecular weight excluding hydrogens is 336 g/mol. The van der Waals surface area contributed by atoms with Gasteiger partial charge in [0.1, 0.15) is 6.04 Å². The van der Waals surface area contributed by atoms with Crippen molar-refractivity contribution in [2.24, 2.45) is 0 Å². The Morgan fingerprint density at radius 2 is 1.52 bits per heavy atom. The second-order valence-corrected chi connectivity index (χ2v) is 6.65. The van der Waals surface area contributed by atoms with Gasteiger partial charge in [0.15, 0.2) is 0 Å². The van der Waals surface area contributed by atoms with Crippen LogP contribution in [-0.4, -0.2) is 22.8 Å². The van der Waals surface area contributed by atoms with Gasteiger partial charge in [0.25, 0.3) is 5.91 Å².